The van der Waals surface area contributed by atoms with E-state index in [0.29, 0.717) is 21.3 Å². The SMILES string of the molecule is O=C(CC(=O)Nc1ccccc1Cl)NN=Cc1ccccc1Cl. The average molecular weight is 350 g/mol. The molecule has 0 atom stereocenters. The highest BCUT2D eigenvalue weighted by molar-refractivity contribution is 6.34. The highest BCUT2D eigenvalue weighted by Crippen LogP contribution is 2.20. The van der Waals surface area contributed by atoms with Crippen LogP contribution in [0.3, 0.4) is 0 Å². The molecule has 23 heavy (non-hydrogen) atoms. The Labute approximate surface area is 143 Å². The van der Waals surface area contributed by atoms with Crippen LogP contribution >= 0.6 is 23.2 Å². The van der Waals surface area contributed by atoms with Crippen LogP contribution in [0.15, 0.2) is 53.6 Å². The van der Waals surface area contributed by atoms with E-state index in [0.717, 1.165) is 0 Å². The largest absolute Gasteiger partial charge is 0.324 e. The first kappa shape index (κ1) is 17.0. The van der Waals surface area contributed by atoms with E-state index in [1.807, 2.05) is 0 Å². The van der Waals surface area contributed by atoms with E-state index in [1.165, 1.54) is 6.21 Å². The van der Waals surface area contributed by atoms with Crippen molar-refractivity contribution in [3.05, 3.63) is 64.1 Å². The van der Waals surface area contributed by atoms with Crippen molar-refractivity contribution in [2.45, 2.75) is 6.42 Å². The molecule has 2 rings (SSSR count). The lowest BCUT2D eigenvalue weighted by atomic mass is 10.2. The summed E-state index contributed by atoms with van der Waals surface area (Å²) in [6.07, 6.45) is 1.04. The summed E-state index contributed by atoms with van der Waals surface area (Å²) in [5, 5.41) is 7.24. The van der Waals surface area contributed by atoms with Gasteiger partial charge in [-0.3, -0.25) is 9.59 Å². The summed E-state index contributed by atoms with van der Waals surface area (Å²) < 4.78 is 0. The predicted molar refractivity (Wildman–Crippen MR) is 91.9 cm³/mol. The Bertz CT molecular complexity index is 748. The van der Waals surface area contributed by atoms with E-state index >= 15 is 0 Å². The normalized spacial score (nSPS) is 10.5. The van der Waals surface area contributed by atoms with Crippen LogP contribution in [-0.4, -0.2) is 18.0 Å². The van der Waals surface area contributed by atoms with Gasteiger partial charge in [0, 0.05) is 10.6 Å². The fourth-order valence-electron chi connectivity index (χ4n) is 1.70. The van der Waals surface area contributed by atoms with Crippen LogP contribution in [0.5, 0.6) is 0 Å². The summed E-state index contributed by atoms with van der Waals surface area (Å²) in [4.78, 5) is 23.4. The number of carbonyl (C=O) groups excluding carboxylic acids is 2. The lowest BCUT2D eigenvalue weighted by Gasteiger charge is -2.06. The Morgan fingerprint density at radius 3 is 2.30 bits per heavy atom. The summed E-state index contributed by atoms with van der Waals surface area (Å²) in [6, 6.07) is 13.8. The first-order chi connectivity index (χ1) is 11.1. The maximum absolute atomic E-state index is 11.8. The van der Waals surface area contributed by atoms with Crippen molar-refractivity contribution in [1.29, 1.82) is 0 Å². The number of hydrogen-bond donors (Lipinski definition) is 2. The first-order valence-corrected chi connectivity index (χ1v) is 7.42. The molecule has 0 heterocycles. The zero-order chi connectivity index (χ0) is 16.7. The van der Waals surface area contributed by atoms with E-state index in [2.05, 4.69) is 15.8 Å². The van der Waals surface area contributed by atoms with Gasteiger partial charge < -0.3 is 5.32 Å². The molecule has 0 aliphatic carbocycles. The molecule has 7 heteroatoms. The molecule has 0 aromatic heterocycles. The summed E-state index contributed by atoms with van der Waals surface area (Å²) in [5.41, 5.74) is 3.38. The monoisotopic (exact) mass is 349 g/mol. The molecule has 2 N–H and O–H groups in total. The zero-order valence-electron chi connectivity index (χ0n) is 11.9. The fraction of sp³-hybridized carbons (Fsp3) is 0.0625. The molecule has 5 nitrogen and oxygen atoms in total. The number of para-hydroxylation sites is 1. The molecular weight excluding hydrogens is 337 g/mol. The third-order valence-corrected chi connectivity index (χ3v) is 3.44. The number of amides is 2. The van der Waals surface area contributed by atoms with Gasteiger partial charge in [0.2, 0.25) is 11.8 Å². The fourth-order valence-corrected chi connectivity index (χ4v) is 2.06. The minimum atomic E-state index is -0.544. The second kappa shape index (κ2) is 8.31. The number of carbonyl (C=O) groups is 2. The van der Waals surface area contributed by atoms with Crippen LogP contribution in [0.25, 0.3) is 0 Å². The maximum atomic E-state index is 11.8. The van der Waals surface area contributed by atoms with Crippen LogP contribution in [0.4, 0.5) is 5.69 Å². The van der Waals surface area contributed by atoms with Crippen LogP contribution in [-0.2, 0) is 9.59 Å². The highest BCUT2D eigenvalue weighted by atomic mass is 35.5. The molecule has 0 bridgehead atoms. The molecule has 118 valence electrons. The van der Waals surface area contributed by atoms with Crippen molar-refractivity contribution >= 4 is 46.9 Å². The van der Waals surface area contributed by atoms with Crippen molar-refractivity contribution in [2.75, 3.05) is 5.32 Å². The average Bonchev–Trinajstić information content (AvgIpc) is 2.51. The molecule has 2 amide bonds. The lowest BCUT2D eigenvalue weighted by molar-refractivity contribution is -0.126. The summed E-state index contributed by atoms with van der Waals surface area (Å²) >= 11 is 11.9. The molecular formula is C16H13Cl2N3O2. The van der Waals surface area contributed by atoms with Gasteiger partial charge >= 0.3 is 0 Å². The molecule has 0 unspecified atom stereocenters. The lowest BCUT2D eigenvalue weighted by Crippen LogP contribution is -2.24. The number of hydrogen-bond acceptors (Lipinski definition) is 3. The number of halogens is 2. The molecule has 0 fully saturated rings. The van der Waals surface area contributed by atoms with Gasteiger partial charge in [-0.05, 0) is 18.2 Å². The molecule has 0 aliphatic heterocycles. The summed E-state index contributed by atoms with van der Waals surface area (Å²) in [6.45, 7) is 0. The Kier molecular flexibility index (Phi) is 6.14. The Balaban J connectivity index is 1.84. The number of benzene rings is 2. The predicted octanol–water partition coefficient (Wildman–Crippen LogP) is 3.47. The van der Waals surface area contributed by atoms with Crippen LogP contribution in [0.2, 0.25) is 10.0 Å². The summed E-state index contributed by atoms with van der Waals surface area (Å²) in [5.74, 6) is -1.03. The number of nitrogens with one attached hydrogen (secondary N) is 2. The molecule has 0 saturated heterocycles. The van der Waals surface area contributed by atoms with Gasteiger partial charge in [0.1, 0.15) is 6.42 Å². The van der Waals surface area contributed by atoms with E-state index in [9.17, 15) is 9.59 Å². The van der Waals surface area contributed by atoms with Crippen LogP contribution in [0, 0.1) is 0 Å². The van der Waals surface area contributed by atoms with Crippen molar-refractivity contribution in [3.8, 4) is 0 Å². The van der Waals surface area contributed by atoms with Gasteiger partial charge in [-0.1, -0.05) is 53.5 Å². The third-order valence-electron chi connectivity index (χ3n) is 2.77. The highest BCUT2D eigenvalue weighted by Gasteiger charge is 2.10. The standard InChI is InChI=1S/C16H13Cl2N3O2/c17-12-6-2-1-5-11(12)10-19-21-16(23)9-15(22)20-14-8-4-3-7-13(14)18/h1-8,10H,9H2,(H,20,22)(H,21,23). The quantitative estimate of drug-likeness (QED) is 0.492. The molecule has 0 spiro atoms. The topological polar surface area (TPSA) is 70.6 Å². The molecule has 2 aromatic carbocycles. The first-order valence-electron chi connectivity index (χ1n) is 6.67. The number of rotatable bonds is 5. The Morgan fingerprint density at radius 2 is 1.61 bits per heavy atom. The van der Waals surface area contributed by atoms with Gasteiger partial charge in [-0.15, -0.1) is 0 Å². The third kappa shape index (κ3) is 5.39. The number of anilines is 1. The molecule has 0 aliphatic rings. The van der Waals surface area contributed by atoms with Crippen LogP contribution in [0.1, 0.15) is 12.0 Å². The minimum Gasteiger partial charge on any atom is -0.324 e. The van der Waals surface area contributed by atoms with Crippen molar-refractivity contribution in [3.63, 3.8) is 0 Å². The van der Waals surface area contributed by atoms with Gasteiger partial charge in [-0.2, -0.15) is 5.10 Å². The molecule has 2 aromatic rings. The van der Waals surface area contributed by atoms with Crippen LogP contribution < -0.4 is 10.7 Å². The second-order valence-corrected chi connectivity index (χ2v) is 5.33. The Hall–Kier alpha value is -2.37. The van der Waals surface area contributed by atoms with Crippen molar-refractivity contribution in [1.82, 2.24) is 5.43 Å². The minimum absolute atomic E-state index is 0.370. The summed E-state index contributed by atoms with van der Waals surface area (Å²) in [7, 11) is 0. The Morgan fingerprint density at radius 1 is 0.957 bits per heavy atom. The second-order valence-electron chi connectivity index (χ2n) is 4.52. The van der Waals surface area contributed by atoms with E-state index in [1.54, 1.807) is 48.5 Å². The number of nitrogens with zero attached hydrogens (tertiary/aromatic N) is 1. The van der Waals surface area contributed by atoms with Gasteiger partial charge in [0.15, 0.2) is 0 Å². The maximum Gasteiger partial charge on any atom is 0.249 e. The smallest absolute Gasteiger partial charge is 0.249 e. The van der Waals surface area contributed by atoms with Gasteiger partial charge in [0.25, 0.3) is 0 Å². The van der Waals surface area contributed by atoms with Crippen molar-refractivity contribution in [2.24, 2.45) is 5.10 Å². The van der Waals surface area contributed by atoms with E-state index < -0.39 is 11.8 Å². The van der Waals surface area contributed by atoms with Gasteiger partial charge in [0.05, 0.1) is 16.9 Å². The van der Waals surface area contributed by atoms with Crippen molar-refractivity contribution < 1.29 is 9.59 Å². The van der Waals surface area contributed by atoms with E-state index in [4.69, 9.17) is 23.2 Å². The van der Waals surface area contributed by atoms with E-state index in [-0.39, 0.29) is 6.42 Å². The zero-order valence-corrected chi connectivity index (χ0v) is 13.4. The number of hydrazone groups is 1. The van der Waals surface area contributed by atoms with Gasteiger partial charge in [-0.25, -0.2) is 5.43 Å². The molecule has 0 radical (unpaired) electrons. The molecule has 0 saturated carbocycles.